The van der Waals surface area contributed by atoms with Crippen molar-refractivity contribution in [1.29, 1.82) is 0 Å². The van der Waals surface area contributed by atoms with Gasteiger partial charge in [-0.2, -0.15) is 0 Å². The van der Waals surface area contributed by atoms with Gasteiger partial charge in [-0.3, -0.25) is 0 Å². The van der Waals surface area contributed by atoms with E-state index >= 15 is 0 Å². The minimum atomic E-state index is -1.62. The zero-order valence-corrected chi connectivity index (χ0v) is 17.4. The van der Waals surface area contributed by atoms with Crippen molar-refractivity contribution in [3.63, 3.8) is 0 Å². The predicted molar refractivity (Wildman–Crippen MR) is 88.4 cm³/mol. The van der Waals surface area contributed by atoms with Gasteiger partial charge in [0.2, 0.25) is 0 Å². The third-order valence-corrected chi connectivity index (χ3v) is 6.52. The van der Waals surface area contributed by atoms with E-state index < -0.39 is 74.2 Å². The van der Waals surface area contributed by atoms with Gasteiger partial charge in [-0.25, -0.2) is 0 Å². The Balaban J connectivity index is 3.37. The van der Waals surface area contributed by atoms with Gasteiger partial charge in [0.15, 0.2) is 0 Å². The van der Waals surface area contributed by atoms with Gasteiger partial charge in [-0.15, -0.1) is 0 Å². The number of esters is 5. The van der Waals surface area contributed by atoms with Crippen LogP contribution in [-0.4, -0.2) is 74.2 Å². The van der Waals surface area contributed by atoms with E-state index in [0.29, 0.717) is 0 Å². The average molecular weight is 453 g/mol. The summed E-state index contributed by atoms with van der Waals surface area (Å²) in [6.07, 6.45) is -3.36. The van der Waals surface area contributed by atoms with E-state index in [1.807, 2.05) is 0 Å². The molecule has 0 radical (unpaired) electrons. The van der Waals surface area contributed by atoms with Crippen LogP contribution in [0.2, 0.25) is 5.32 Å². The van der Waals surface area contributed by atoms with Crippen molar-refractivity contribution in [2.45, 2.75) is 62.7 Å². The molecule has 1 aliphatic heterocycles. The van der Waals surface area contributed by atoms with Gasteiger partial charge in [0, 0.05) is 0 Å². The van der Waals surface area contributed by atoms with Crippen molar-refractivity contribution >= 4 is 44.8 Å². The van der Waals surface area contributed by atoms with Crippen LogP contribution in [0.1, 0.15) is 34.6 Å². The quantitative estimate of drug-likeness (QED) is 0.289. The fourth-order valence-electron chi connectivity index (χ4n) is 2.57. The first kappa shape index (κ1) is 22.9. The Morgan fingerprint density at radius 3 is 1.93 bits per heavy atom. The second kappa shape index (κ2) is 9.70. The van der Waals surface area contributed by atoms with E-state index in [-0.39, 0.29) is 5.32 Å². The summed E-state index contributed by atoms with van der Waals surface area (Å²) in [6, 6.07) is 0. The Morgan fingerprint density at radius 1 is 0.889 bits per heavy atom. The zero-order chi connectivity index (χ0) is 20.8. The monoisotopic (exact) mass is 454 g/mol. The van der Waals surface area contributed by atoms with Gasteiger partial charge < -0.3 is 0 Å². The summed E-state index contributed by atoms with van der Waals surface area (Å²) in [5.74, 6) is -3.41. The van der Waals surface area contributed by atoms with Crippen LogP contribution in [0.4, 0.5) is 0 Å². The molecule has 152 valence electrons. The van der Waals surface area contributed by atoms with Gasteiger partial charge in [0.05, 0.1) is 0 Å². The molecule has 0 aromatic rings. The summed E-state index contributed by atoms with van der Waals surface area (Å²) in [6.45, 7) is 5.34. The van der Waals surface area contributed by atoms with Crippen LogP contribution in [-0.2, 0) is 47.7 Å². The van der Waals surface area contributed by atoms with Gasteiger partial charge in [-0.1, -0.05) is 0 Å². The Kier molecular flexibility index (Phi) is 8.23. The van der Waals surface area contributed by atoms with Crippen LogP contribution in [0.3, 0.4) is 0 Å². The zero-order valence-electron chi connectivity index (χ0n) is 15.6. The number of carbonyl (C=O) groups is 5. The van der Waals surface area contributed by atoms with Crippen LogP contribution in [0.5, 0.6) is 0 Å². The van der Waals surface area contributed by atoms with Crippen molar-refractivity contribution < 1.29 is 47.7 Å². The number of carbonyl (C=O) groups excluding carboxylic acids is 5. The van der Waals surface area contributed by atoms with Gasteiger partial charge >= 0.3 is 162 Å². The molecule has 0 aliphatic carbocycles. The van der Waals surface area contributed by atoms with E-state index in [4.69, 9.17) is 23.7 Å². The van der Waals surface area contributed by atoms with Crippen molar-refractivity contribution in [2.24, 2.45) is 0 Å². The van der Waals surface area contributed by atoms with Crippen LogP contribution < -0.4 is 0 Å². The molecular formula is C16H22O10Se. The molecular weight excluding hydrogens is 431 g/mol. The minimum absolute atomic E-state index is 0.232. The van der Waals surface area contributed by atoms with Crippen LogP contribution in [0.15, 0.2) is 0 Å². The van der Waals surface area contributed by atoms with Gasteiger partial charge in [0.25, 0.3) is 0 Å². The van der Waals surface area contributed by atoms with E-state index in [1.165, 1.54) is 6.92 Å². The SMILES string of the molecule is CC(=O)OC[C@H](OC(C)=O)[C@]1(OC(C)=O)[Se]C[C@H](OC(C)=O)[C@H]1OC(C)=O. The van der Waals surface area contributed by atoms with E-state index in [9.17, 15) is 24.0 Å². The maximum atomic E-state index is 11.8. The average Bonchev–Trinajstić information content (AvgIpc) is 2.80. The fraction of sp³-hybridized carbons (Fsp3) is 0.688. The first-order chi connectivity index (χ1) is 12.5. The first-order valence-electron chi connectivity index (χ1n) is 7.96. The molecule has 1 fully saturated rings. The maximum absolute atomic E-state index is 11.8. The fourth-order valence-corrected chi connectivity index (χ4v) is 5.73. The molecule has 0 bridgehead atoms. The standard InChI is InChI=1S/C16H22O10Se/c1-8(17)22-6-14(24-10(3)19)16(26-12(5)21)15(25-11(4)20)13(7-27-16)23-9(2)18/h13-15H,6-7H2,1-5H3/t13-,14-,15+,16-/m0/s1. The summed E-state index contributed by atoms with van der Waals surface area (Å²) in [7, 11) is 0. The van der Waals surface area contributed by atoms with Gasteiger partial charge in [-0.05, 0) is 0 Å². The summed E-state index contributed by atoms with van der Waals surface area (Å²) in [5, 5.41) is 0.232. The molecule has 1 heterocycles. The predicted octanol–water partition coefficient (Wildman–Crippen LogP) is -0.260. The molecule has 1 aliphatic rings. The van der Waals surface area contributed by atoms with Gasteiger partial charge in [0.1, 0.15) is 0 Å². The number of ether oxygens (including phenoxy) is 5. The molecule has 11 heteroatoms. The van der Waals surface area contributed by atoms with E-state index in [0.717, 1.165) is 27.7 Å². The summed E-state index contributed by atoms with van der Waals surface area (Å²) in [5.41, 5.74) is 0. The van der Waals surface area contributed by atoms with E-state index in [1.54, 1.807) is 0 Å². The molecule has 1 rings (SSSR count). The molecule has 0 unspecified atom stereocenters. The first-order valence-corrected chi connectivity index (χ1v) is 10.0. The third kappa shape index (κ3) is 6.51. The number of rotatable bonds is 7. The second-order valence-corrected chi connectivity index (χ2v) is 8.35. The summed E-state index contributed by atoms with van der Waals surface area (Å²) < 4.78 is 24.5. The summed E-state index contributed by atoms with van der Waals surface area (Å²) >= 11 is -0.640. The molecule has 0 N–H and O–H groups in total. The van der Waals surface area contributed by atoms with Crippen LogP contribution in [0.25, 0.3) is 0 Å². The van der Waals surface area contributed by atoms with Crippen molar-refractivity contribution in [3.05, 3.63) is 0 Å². The molecule has 0 amide bonds. The molecule has 10 nitrogen and oxygen atoms in total. The second-order valence-electron chi connectivity index (χ2n) is 5.70. The summed E-state index contributed by atoms with van der Waals surface area (Å²) in [4.78, 5) is 57.6. The normalized spacial score (nSPS) is 25.1. The molecule has 0 aromatic carbocycles. The third-order valence-electron chi connectivity index (χ3n) is 3.32. The van der Waals surface area contributed by atoms with Crippen LogP contribution >= 0.6 is 0 Å². The molecule has 1 saturated heterocycles. The molecule has 0 saturated carbocycles. The molecule has 0 aromatic heterocycles. The van der Waals surface area contributed by atoms with Crippen molar-refractivity contribution in [1.82, 2.24) is 0 Å². The van der Waals surface area contributed by atoms with Crippen molar-refractivity contribution in [3.8, 4) is 0 Å². The topological polar surface area (TPSA) is 132 Å². The Morgan fingerprint density at radius 2 is 1.48 bits per heavy atom. The van der Waals surface area contributed by atoms with Crippen molar-refractivity contribution in [2.75, 3.05) is 6.61 Å². The molecule has 4 atom stereocenters. The number of hydrogen-bond acceptors (Lipinski definition) is 10. The Hall–Kier alpha value is -2.13. The Bertz CT molecular complexity index is 618. The molecule has 27 heavy (non-hydrogen) atoms. The molecule has 0 spiro atoms. The van der Waals surface area contributed by atoms with Crippen LogP contribution in [0, 0.1) is 0 Å². The van der Waals surface area contributed by atoms with E-state index in [2.05, 4.69) is 0 Å². The Labute approximate surface area is 162 Å². The number of hydrogen-bond donors (Lipinski definition) is 0.